The average Bonchev–Trinajstić information content (AvgIpc) is 3.44. The number of nitrogen functional groups attached to an aromatic ring is 1. The first-order valence-corrected chi connectivity index (χ1v) is 15.0. The Hall–Kier alpha value is -6.34. The Bertz CT molecular complexity index is 1800. The molecule has 19 nitrogen and oxygen atoms in total. The molecule has 0 spiro atoms. The number of nitrogens with zero attached hydrogens (tertiary/aromatic N) is 2. The fourth-order valence-electron chi connectivity index (χ4n) is 4.82. The quantitative estimate of drug-likeness (QED) is 0.0780. The third kappa shape index (κ3) is 10.9. The molecule has 0 aliphatic rings. The van der Waals surface area contributed by atoms with Gasteiger partial charge in [0.15, 0.2) is 0 Å². The molecule has 0 aliphatic carbocycles. The van der Waals surface area contributed by atoms with Crippen LogP contribution in [0.25, 0.3) is 11.0 Å². The SMILES string of the molecule is Nc1nc(O)c2c(CCc3ccc(C(=O)N[C@@H](CCC(=O)N[C@@H](CCC(=O)N[C@@H](CCC(=O)O)C(=O)O)C(=O)O)C(=O)O)cc3F)c[nH]c2n1. The van der Waals surface area contributed by atoms with E-state index in [4.69, 9.17) is 15.9 Å². The van der Waals surface area contributed by atoms with Gasteiger partial charge in [-0.25, -0.2) is 18.8 Å². The molecule has 0 fully saturated rings. The number of H-pyrrole nitrogens is 1. The summed E-state index contributed by atoms with van der Waals surface area (Å²) < 4.78 is 14.9. The van der Waals surface area contributed by atoms with E-state index >= 15 is 0 Å². The summed E-state index contributed by atoms with van der Waals surface area (Å²) in [7, 11) is 0. The Balaban J connectivity index is 1.52. The molecule has 0 radical (unpaired) electrons. The minimum absolute atomic E-state index is 0.133. The number of nitrogens with one attached hydrogen (secondary N) is 4. The first-order chi connectivity index (χ1) is 23.5. The molecule has 11 N–H and O–H groups in total. The van der Waals surface area contributed by atoms with Crippen LogP contribution >= 0.6 is 0 Å². The number of nitrogens with two attached hydrogens (primary N) is 1. The maximum absolute atomic E-state index is 14.9. The third-order valence-electron chi connectivity index (χ3n) is 7.43. The van der Waals surface area contributed by atoms with E-state index in [1.54, 1.807) is 6.20 Å². The first-order valence-electron chi connectivity index (χ1n) is 15.0. The van der Waals surface area contributed by atoms with Gasteiger partial charge in [-0.3, -0.25) is 19.2 Å². The molecule has 2 aromatic heterocycles. The van der Waals surface area contributed by atoms with Gasteiger partial charge in [0.1, 0.15) is 29.6 Å². The van der Waals surface area contributed by atoms with Gasteiger partial charge in [0.05, 0.1) is 5.39 Å². The number of carbonyl (C=O) groups is 7. The molecule has 0 aliphatic heterocycles. The maximum Gasteiger partial charge on any atom is 0.326 e. The van der Waals surface area contributed by atoms with Crippen LogP contribution < -0.4 is 21.7 Å². The lowest BCUT2D eigenvalue weighted by atomic mass is 10.0. The molecule has 3 rings (SSSR count). The normalized spacial score (nSPS) is 12.7. The maximum atomic E-state index is 14.9. The summed E-state index contributed by atoms with van der Waals surface area (Å²) in [5.74, 6) is -9.88. The number of aromatic amines is 1. The molecule has 3 amide bonds. The summed E-state index contributed by atoms with van der Waals surface area (Å²) in [6, 6.07) is -1.27. The highest BCUT2D eigenvalue weighted by Gasteiger charge is 2.26. The molecule has 1 aromatic carbocycles. The highest BCUT2D eigenvalue weighted by atomic mass is 19.1. The van der Waals surface area contributed by atoms with Gasteiger partial charge in [-0.05, 0) is 55.4 Å². The number of aryl methyl sites for hydroxylation is 2. The molecule has 20 heteroatoms. The molecule has 0 saturated carbocycles. The van der Waals surface area contributed by atoms with Crippen molar-refractivity contribution in [3.05, 3.63) is 46.9 Å². The fourth-order valence-corrected chi connectivity index (χ4v) is 4.82. The van der Waals surface area contributed by atoms with Crippen molar-refractivity contribution in [3.8, 4) is 5.88 Å². The van der Waals surface area contributed by atoms with E-state index in [1.807, 2.05) is 0 Å². The van der Waals surface area contributed by atoms with Crippen LogP contribution in [0.5, 0.6) is 5.88 Å². The van der Waals surface area contributed by atoms with E-state index < -0.39 is 104 Å². The van der Waals surface area contributed by atoms with Crippen LogP contribution in [0.3, 0.4) is 0 Å². The van der Waals surface area contributed by atoms with Gasteiger partial charge in [0, 0.05) is 31.0 Å². The second-order valence-electron chi connectivity index (χ2n) is 11.0. The van der Waals surface area contributed by atoms with Crippen molar-refractivity contribution in [1.29, 1.82) is 0 Å². The fraction of sp³-hybridized carbons (Fsp3) is 0.367. The number of halogens is 1. The zero-order valence-corrected chi connectivity index (χ0v) is 26.1. The van der Waals surface area contributed by atoms with Crippen molar-refractivity contribution >= 4 is 58.6 Å². The van der Waals surface area contributed by atoms with Crippen LogP contribution in [-0.4, -0.2) is 100 Å². The van der Waals surface area contributed by atoms with Crippen molar-refractivity contribution in [3.63, 3.8) is 0 Å². The van der Waals surface area contributed by atoms with Gasteiger partial charge in [-0.1, -0.05) is 6.07 Å². The van der Waals surface area contributed by atoms with Crippen molar-refractivity contribution in [2.45, 2.75) is 69.5 Å². The summed E-state index contributed by atoms with van der Waals surface area (Å²) >= 11 is 0. The number of rotatable bonds is 19. The predicted molar refractivity (Wildman–Crippen MR) is 167 cm³/mol. The molecule has 0 unspecified atom stereocenters. The molecule has 0 saturated heterocycles. The summed E-state index contributed by atoms with van der Waals surface area (Å²) in [5, 5.41) is 53.7. The Morgan fingerprint density at radius 3 is 1.80 bits per heavy atom. The molecule has 3 atom stereocenters. The number of fused-ring (bicyclic) bond motifs is 1. The number of aromatic nitrogens is 3. The lowest BCUT2D eigenvalue weighted by Gasteiger charge is -2.18. The Kier molecular flexibility index (Phi) is 13.1. The minimum atomic E-state index is -1.63. The first kappa shape index (κ1) is 38.1. The number of hydrogen-bond acceptors (Lipinski definition) is 11. The zero-order chi connectivity index (χ0) is 37.1. The number of amides is 3. The van der Waals surface area contributed by atoms with E-state index in [-0.39, 0.29) is 35.8 Å². The standard InChI is InChI=1S/C30H34FN7O12/c31-16-11-14(3-1-13(16)2-4-15-12-33-24-23(15)26(44)38-30(32)37-24)25(43)36-19(29(49)50)6-9-21(40)34-17(27(45)46)5-8-20(39)35-18(28(47)48)7-10-22(41)42/h1,3,11-12,17-19H,2,4-10H2,(H,34,40)(H,35,39)(H,36,43)(H,41,42)(H,45,46)(H,47,48)(H,49,50)(H4,32,33,37,38,44)/t17-,18-,19-/m0/s1. The van der Waals surface area contributed by atoms with Crippen molar-refractivity contribution < 1.29 is 63.5 Å². The van der Waals surface area contributed by atoms with Gasteiger partial charge in [0.2, 0.25) is 23.6 Å². The Morgan fingerprint density at radius 2 is 1.28 bits per heavy atom. The Morgan fingerprint density at radius 1 is 0.760 bits per heavy atom. The van der Waals surface area contributed by atoms with Crippen molar-refractivity contribution in [2.75, 3.05) is 5.73 Å². The molecular formula is C30H34FN7O12. The van der Waals surface area contributed by atoms with Gasteiger partial charge in [-0.2, -0.15) is 9.97 Å². The molecule has 0 bridgehead atoms. The summed E-state index contributed by atoms with van der Waals surface area (Å²) in [6.45, 7) is 0. The predicted octanol–water partition coefficient (Wildman–Crippen LogP) is -0.0830. The monoisotopic (exact) mass is 703 g/mol. The number of carbonyl (C=O) groups excluding carboxylic acids is 3. The zero-order valence-electron chi connectivity index (χ0n) is 26.1. The van der Waals surface area contributed by atoms with E-state index in [2.05, 4.69) is 30.9 Å². The summed E-state index contributed by atoms with van der Waals surface area (Å²) in [6.07, 6.45) is -1.07. The van der Waals surface area contributed by atoms with Gasteiger partial charge in [0.25, 0.3) is 5.91 Å². The number of benzene rings is 1. The lowest BCUT2D eigenvalue weighted by molar-refractivity contribution is -0.144. The smallest absolute Gasteiger partial charge is 0.326 e. The van der Waals surface area contributed by atoms with Gasteiger partial charge in [-0.15, -0.1) is 0 Å². The third-order valence-corrected chi connectivity index (χ3v) is 7.43. The topological polar surface area (TPSA) is 324 Å². The van der Waals surface area contributed by atoms with Crippen LogP contribution in [0.2, 0.25) is 0 Å². The molecule has 2 heterocycles. The number of carboxylic acids is 4. The van der Waals surface area contributed by atoms with Crippen LogP contribution in [0, 0.1) is 5.82 Å². The van der Waals surface area contributed by atoms with E-state index in [0.29, 0.717) is 16.6 Å². The summed E-state index contributed by atoms with van der Waals surface area (Å²) in [5.41, 5.74) is 6.41. The molecular weight excluding hydrogens is 669 g/mol. The molecule has 3 aromatic rings. The number of aromatic hydroxyl groups is 1. The molecule has 268 valence electrons. The lowest BCUT2D eigenvalue weighted by Crippen LogP contribution is -2.45. The Labute approximate surface area is 281 Å². The van der Waals surface area contributed by atoms with Crippen molar-refractivity contribution in [1.82, 2.24) is 30.9 Å². The molecule has 50 heavy (non-hydrogen) atoms. The van der Waals surface area contributed by atoms with E-state index in [9.17, 15) is 53.3 Å². The number of hydrogen-bond donors (Lipinski definition) is 10. The van der Waals surface area contributed by atoms with Crippen LogP contribution in [0.1, 0.15) is 60.0 Å². The number of anilines is 1. The average molecular weight is 704 g/mol. The highest BCUT2D eigenvalue weighted by molar-refractivity contribution is 5.97. The van der Waals surface area contributed by atoms with E-state index in [1.165, 1.54) is 12.1 Å². The van der Waals surface area contributed by atoms with Gasteiger partial charge >= 0.3 is 23.9 Å². The second kappa shape index (κ2) is 17.2. The van der Waals surface area contributed by atoms with E-state index in [0.717, 1.165) is 6.07 Å². The highest BCUT2D eigenvalue weighted by Crippen LogP contribution is 2.27. The second-order valence-corrected chi connectivity index (χ2v) is 11.0. The summed E-state index contributed by atoms with van der Waals surface area (Å²) in [4.78, 5) is 93.2. The van der Waals surface area contributed by atoms with Crippen LogP contribution in [-0.2, 0) is 41.6 Å². The van der Waals surface area contributed by atoms with Gasteiger partial charge < -0.3 is 52.2 Å². The number of carboxylic acid groups (broad SMARTS) is 4. The van der Waals surface area contributed by atoms with Crippen molar-refractivity contribution in [2.24, 2.45) is 0 Å². The minimum Gasteiger partial charge on any atom is -0.493 e. The number of aliphatic carboxylic acids is 4. The largest absolute Gasteiger partial charge is 0.493 e. The van der Waals surface area contributed by atoms with Crippen LogP contribution in [0.4, 0.5) is 10.3 Å². The van der Waals surface area contributed by atoms with Crippen LogP contribution in [0.15, 0.2) is 24.4 Å².